The van der Waals surface area contributed by atoms with E-state index < -0.39 is 5.82 Å². The third-order valence-corrected chi connectivity index (χ3v) is 4.36. The normalized spacial score (nSPS) is 10.7. The summed E-state index contributed by atoms with van der Waals surface area (Å²) in [6.45, 7) is 1.97. The van der Waals surface area contributed by atoms with Crippen molar-refractivity contribution in [1.29, 1.82) is 0 Å². The van der Waals surface area contributed by atoms with Gasteiger partial charge in [0, 0.05) is 33.9 Å². The van der Waals surface area contributed by atoms with E-state index in [0.717, 1.165) is 11.0 Å². The van der Waals surface area contributed by atoms with Gasteiger partial charge in [0.25, 0.3) is 0 Å². The van der Waals surface area contributed by atoms with Crippen molar-refractivity contribution in [2.45, 2.75) is 6.54 Å². The molecule has 6 heteroatoms. The summed E-state index contributed by atoms with van der Waals surface area (Å²) < 4.78 is 19.7. The van der Waals surface area contributed by atoms with Crippen LogP contribution in [0.15, 0.2) is 34.1 Å². The van der Waals surface area contributed by atoms with Crippen molar-refractivity contribution in [1.82, 2.24) is 5.32 Å². The average Bonchev–Trinajstić information content (AvgIpc) is 2.79. The fraction of sp³-hybridized carbons (Fsp3) is 0.231. The zero-order valence-corrected chi connectivity index (χ0v) is 13.1. The van der Waals surface area contributed by atoms with E-state index >= 15 is 0 Å². The summed E-state index contributed by atoms with van der Waals surface area (Å²) >= 11 is 10.7. The van der Waals surface area contributed by atoms with Crippen LogP contribution in [0.1, 0.15) is 4.88 Å². The van der Waals surface area contributed by atoms with Crippen molar-refractivity contribution >= 4 is 38.9 Å². The maximum atomic E-state index is 13.1. The molecule has 0 amide bonds. The van der Waals surface area contributed by atoms with Gasteiger partial charge in [-0.25, -0.2) is 4.39 Å². The van der Waals surface area contributed by atoms with Gasteiger partial charge in [-0.2, -0.15) is 0 Å². The second kappa shape index (κ2) is 7.24. The first-order chi connectivity index (χ1) is 9.15. The molecule has 0 aliphatic rings. The van der Waals surface area contributed by atoms with E-state index in [1.165, 1.54) is 17.0 Å². The molecule has 1 aromatic carbocycles. The lowest BCUT2D eigenvalue weighted by atomic mass is 10.3. The second-order valence-corrected chi connectivity index (χ2v) is 6.15. The Labute approximate surface area is 128 Å². The highest BCUT2D eigenvalue weighted by molar-refractivity contribution is 9.10. The molecule has 2 rings (SSSR count). The molecular formula is C13H12BrClFNOS. The van der Waals surface area contributed by atoms with Gasteiger partial charge in [-0.05, 0) is 34.1 Å². The average molecular weight is 365 g/mol. The lowest BCUT2D eigenvalue weighted by Crippen LogP contribution is -2.20. The van der Waals surface area contributed by atoms with E-state index in [0.29, 0.717) is 18.9 Å². The van der Waals surface area contributed by atoms with Gasteiger partial charge in [-0.1, -0.05) is 11.6 Å². The lowest BCUT2D eigenvalue weighted by molar-refractivity contribution is 0.312. The summed E-state index contributed by atoms with van der Waals surface area (Å²) in [5.74, 6) is 0.0260. The maximum Gasteiger partial charge on any atom is 0.145 e. The lowest BCUT2D eigenvalue weighted by Gasteiger charge is -2.07. The van der Waals surface area contributed by atoms with Crippen molar-refractivity contribution in [3.8, 4) is 5.75 Å². The first-order valence-electron chi connectivity index (χ1n) is 5.66. The molecule has 0 atom stereocenters. The Kier molecular flexibility index (Phi) is 5.63. The van der Waals surface area contributed by atoms with Crippen LogP contribution in [0.25, 0.3) is 0 Å². The highest BCUT2D eigenvalue weighted by Gasteiger charge is 2.01. The number of thiophene rings is 1. The number of nitrogens with one attached hydrogen (secondary N) is 1. The number of halogens is 3. The summed E-state index contributed by atoms with van der Waals surface area (Å²) in [5, 5.41) is 5.41. The molecule has 0 unspecified atom stereocenters. The van der Waals surface area contributed by atoms with Gasteiger partial charge in [0.2, 0.25) is 0 Å². The Morgan fingerprint density at radius 2 is 2.21 bits per heavy atom. The molecule has 1 aromatic heterocycles. The van der Waals surface area contributed by atoms with Crippen LogP contribution in [0.5, 0.6) is 5.75 Å². The zero-order valence-electron chi connectivity index (χ0n) is 9.96. The molecule has 1 heterocycles. The maximum absolute atomic E-state index is 13.1. The number of hydrogen-bond acceptors (Lipinski definition) is 3. The minimum Gasteiger partial charge on any atom is -0.492 e. The van der Waals surface area contributed by atoms with E-state index in [-0.39, 0.29) is 5.02 Å². The Bertz CT molecular complexity index is 549. The van der Waals surface area contributed by atoms with Crippen molar-refractivity contribution in [2.75, 3.05) is 13.2 Å². The van der Waals surface area contributed by atoms with Crippen molar-refractivity contribution in [3.63, 3.8) is 0 Å². The van der Waals surface area contributed by atoms with Crippen LogP contribution < -0.4 is 10.1 Å². The summed E-state index contributed by atoms with van der Waals surface area (Å²) in [7, 11) is 0. The van der Waals surface area contributed by atoms with E-state index in [1.54, 1.807) is 17.4 Å². The van der Waals surface area contributed by atoms with Crippen LogP contribution in [0.4, 0.5) is 4.39 Å². The molecule has 1 N–H and O–H groups in total. The van der Waals surface area contributed by atoms with Gasteiger partial charge < -0.3 is 10.1 Å². The fourth-order valence-electron chi connectivity index (χ4n) is 1.47. The Morgan fingerprint density at radius 1 is 1.37 bits per heavy atom. The zero-order chi connectivity index (χ0) is 13.7. The molecule has 0 fully saturated rings. The van der Waals surface area contributed by atoms with Crippen LogP contribution in [0.3, 0.4) is 0 Å². The van der Waals surface area contributed by atoms with Crippen molar-refractivity contribution < 1.29 is 9.13 Å². The summed E-state index contributed by atoms with van der Waals surface area (Å²) in [4.78, 5) is 1.25. The van der Waals surface area contributed by atoms with Crippen LogP contribution in [-0.2, 0) is 6.54 Å². The van der Waals surface area contributed by atoms with Gasteiger partial charge in [-0.3, -0.25) is 0 Å². The van der Waals surface area contributed by atoms with Crippen LogP contribution in [-0.4, -0.2) is 13.2 Å². The highest BCUT2D eigenvalue weighted by Crippen LogP contribution is 2.20. The standard InChI is InChI=1S/C13H12BrClFNOS/c14-9-5-11(19-8-9)7-17-3-4-18-10-1-2-12(15)13(16)6-10/h1-2,5-6,8,17H,3-4,7H2. The molecule has 0 bridgehead atoms. The van der Waals surface area contributed by atoms with Gasteiger partial charge in [0.05, 0.1) is 5.02 Å². The highest BCUT2D eigenvalue weighted by atomic mass is 79.9. The monoisotopic (exact) mass is 363 g/mol. The Morgan fingerprint density at radius 3 is 2.89 bits per heavy atom. The predicted octanol–water partition coefficient (Wildman–Crippen LogP) is 4.47. The first-order valence-corrected chi connectivity index (χ1v) is 7.71. The third kappa shape index (κ3) is 4.76. The smallest absolute Gasteiger partial charge is 0.145 e. The van der Waals surface area contributed by atoms with Gasteiger partial charge in [-0.15, -0.1) is 11.3 Å². The quantitative estimate of drug-likeness (QED) is 0.764. The molecule has 0 spiro atoms. The second-order valence-electron chi connectivity index (χ2n) is 3.83. The van der Waals surface area contributed by atoms with E-state index in [1.807, 2.05) is 5.38 Å². The minimum absolute atomic E-state index is 0.105. The predicted molar refractivity (Wildman–Crippen MR) is 80.6 cm³/mol. The van der Waals surface area contributed by atoms with Crippen molar-refractivity contribution in [3.05, 3.63) is 49.8 Å². The molecule has 0 saturated heterocycles. The van der Waals surface area contributed by atoms with Crippen molar-refractivity contribution in [2.24, 2.45) is 0 Å². The van der Waals surface area contributed by atoms with Gasteiger partial charge in [0.1, 0.15) is 18.2 Å². The van der Waals surface area contributed by atoms with E-state index in [2.05, 4.69) is 27.3 Å². The van der Waals surface area contributed by atoms with Crippen LogP contribution in [0, 0.1) is 5.82 Å². The largest absolute Gasteiger partial charge is 0.492 e. The molecule has 0 saturated carbocycles. The molecule has 2 nitrogen and oxygen atoms in total. The third-order valence-electron chi connectivity index (χ3n) is 2.36. The molecule has 0 radical (unpaired) electrons. The van der Waals surface area contributed by atoms with Crippen LogP contribution in [0.2, 0.25) is 5.02 Å². The fourth-order valence-corrected chi connectivity index (χ4v) is 3.00. The SMILES string of the molecule is Fc1cc(OCCNCc2cc(Br)cs2)ccc1Cl. The molecular weight excluding hydrogens is 353 g/mol. The van der Waals surface area contributed by atoms with Gasteiger partial charge in [0.15, 0.2) is 0 Å². The molecule has 0 aliphatic heterocycles. The van der Waals surface area contributed by atoms with E-state index in [9.17, 15) is 4.39 Å². The molecule has 19 heavy (non-hydrogen) atoms. The minimum atomic E-state index is -0.462. The molecule has 0 aliphatic carbocycles. The van der Waals surface area contributed by atoms with E-state index in [4.69, 9.17) is 16.3 Å². The summed E-state index contributed by atoms with van der Waals surface area (Å²) in [6.07, 6.45) is 0. The number of hydrogen-bond donors (Lipinski definition) is 1. The first kappa shape index (κ1) is 14.8. The summed E-state index contributed by atoms with van der Waals surface area (Å²) in [5.41, 5.74) is 0. The molecule has 102 valence electrons. The summed E-state index contributed by atoms with van der Waals surface area (Å²) in [6, 6.07) is 6.51. The number of rotatable bonds is 6. The van der Waals surface area contributed by atoms with Gasteiger partial charge >= 0.3 is 0 Å². The Hall–Kier alpha value is -0.620. The Balaban J connectivity index is 1.67. The van der Waals surface area contributed by atoms with Crippen LogP contribution >= 0.6 is 38.9 Å². The number of ether oxygens (including phenoxy) is 1. The number of benzene rings is 1. The molecule has 2 aromatic rings. The topological polar surface area (TPSA) is 21.3 Å².